The molecule has 3 rings (SSSR count). The van der Waals surface area contributed by atoms with Gasteiger partial charge in [0, 0.05) is 12.1 Å². The number of nitrogens with one attached hydrogen (secondary N) is 2. The van der Waals surface area contributed by atoms with Crippen molar-refractivity contribution in [3.63, 3.8) is 0 Å². The zero-order chi connectivity index (χ0) is 18.1. The molecule has 1 saturated heterocycles. The van der Waals surface area contributed by atoms with Crippen molar-refractivity contribution < 1.29 is 14.4 Å². The summed E-state index contributed by atoms with van der Waals surface area (Å²) in [6.07, 6.45) is 8.80. The van der Waals surface area contributed by atoms with Crippen molar-refractivity contribution in [1.29, 1.82) is 0 Å². The number of hydrogen-bond acceptors (Lipinski definition) is 4. The molecule has 2 N–H and O–H groups in total. The van der Waals surface area contributed by atoms with Gasteiger partial charge in [-0.1, -0.05) is 32.1 Å². The van der Waals surface area contributed by atoms with Crippen LogP contribution in [0.15, 0.2) is 0 Å². The van der Waals surface area contributed by atoms with Crippen LogP contribution in [0.1, 0.15) is 57.8 Å². The van der Waals surface area contributed by atoms with E-state index in [1.165, 1.54) is 12.8 Å². The zero-order valence-electron chi connectivity index (χ0n) is 15.4. The van der Waals surface area contributed by atoms with Crippen LogP contribution in [0.4, 0.5) is 4.79 Å². The lowest BCUT2D eigenvalue weighted by atomic mass is 9.82. The monoisotopic (exact) mass is 350 g/mol. The summed E-state index contributed by atoms with van der Waals surface area (Å²) in [5, 5.41) is 5.80. The van der Waals surface area contributed by atoms with Gasteiger partial charge in [-0.25, -0.2) is 4.79 Å². The fourth-order valence-corrected chi connectivity index (χ4v) is 4.59. The summed E-state index contributed by atoms with van der Waals surface area (Å²) < 4.78 is 0. The Morgan fingerprint density at radius 1 is 1.08 bits per heavy atom. The van der Waals surface area contributed by atoms with Gasteiger partial charge >= 0.3 is 6.03 Å². The number of hydrogen-bond donors (Lipinski definition) is 2. The van der Waals surface area contributed by atoms with Gasteiger partial charge in [0.2, 0.25) is 5.91 Å². The third-order valence-corrected chi connectivity index (χ3v) is 6.35. The van der Waals surface area contributed by atoms with Gasteiger partial charge in [0.25, 0.3) is 5.91 Å². The highest BCUT2D eigenvalue weighted by Gasteiger charge is 2.51. The summed E-state index contributed by atoms with van der Waals surface area (Å²) >= 11 is 0. The number of amides is 4. The maximum absolute atomic E-state index is 12.7. The highest BCUT2D eigenvalue weighted by Crippen LogP contribution is 2.34. The average molecular weight is 350 g/mol. The van der Waals surface area contributed by atoms with E-state index in [4.69, 9.17) is 0 Å². The molecule has 2 saturated carbocycles. The van der Waals surface area contributed by atoms with Gasteiger partial charge in [-0.3, -0.25) is 14.5 Å². The lowest BCUT2D eigenvalue weighted by Crippen LogP contribution is -2.53. The first kappa shape index (κ1) is 18.2. The topological polar surface area (TPSA) is 81.8 Å². The van der Waals surface area contributed by atoms with Crippen LogP contribution >= 0.6 is 0 Å². The number of nitrogens with zero attached hydrogens (tertiary/aromatic N) is 2. The molecule has 3 fully saturated rings. The highest BCUT2D eigenvalue weighted by molar-refractivity contribution is 6.09. The van der Waals surface area contributed by atoms with E-state index in [9.17, 15) is 14.4 Å². The Morgan fingerprint density at radius 3 is 2.28 bits per heavy atom. The second kappa shape index (κ2) is 6.94. The number of urea groups is 1. The first-order valence-corrected chi connectivity index (χ1v) is 9.47. The highest BCUT2D eigenvalue weighted by atomic mass is 16.2. The summed E-state index contributed by atoms with van der Waals surface area (Å²) in [4.78, 5) is 40.6. The molecule has 4 amide bonds. The maximum atomic E-state index is 12.7. The maximum Gasteiger partial charge on any atom is 0.325 e. The number of carbonyl (C=O) groups excluding carboxylic acids is 3. The summed E-state index contributed by atoms with van der Waals surface area (Å²) in [7, 11) is 4.09. The van der Waals surface area contributed by atoms with E-state index in [1.807, 2.05) is 14.1 Å². The molecule has 0 unspecified atom stereocenters. The fourth-order valence-electron chi connectivity index (χ4n) is 4.59. The van der Waals surface area contributed by atoms with Gasteiger partial charge in [0.05, 0.1) is 0 Å². The molecule has 0 atom stereocenters. The van der Waals surface area contributed by atoms with Crippen molar-refractivity contribution in [2.75, 3.05) is 27.2 Å². The molecular formula is C18H30N4O3. The molecular weight excluding hydrogens is 320 g/mol. The second-order valence-electron chi connectivity index (χ2n) is 8.07. The van der Waals surface area contributed by atoms with E-state index in [1.54, 1.807) is 0 Å². The Bertz CT molecular complexity index is 549. The lowest BCUT2D eigenvalue weighted by molar-refractivity contribution is -0.136. The number of imide groups is 1. The van der Waals surface area contributed by atoms with Crippen molar-refractivity contribution in [2.24, 2.45) is 0 Å². The summed E-state index contributed by atoms with van der Waals surface area (Å²) in [5.74, 6) is -0.486. The molecule has 0 aromatic carbocycles. The summed E-state index contributed by atoms with van der Waals surface area (Å²) in [6, 6.07) is -0.426. The van der Waals surface area contributed by atoms with Crippen LogP contribution in [-0.4, -0.2) is 65.9 Å². The van der Waals surface area contributed by atoms with Gasteiger partial charge in [0.1, 0.15) is 12.1 Å². The Labute approximate surface area is 149 Å². The fraction of sp³-hybridized carbons (Fsp3) is 0.833. The van der Waals surface area contributed by atoms with Gasteiger partial charge in [-0.15, -0.1) is 0 Å². The molecule has 0 radical (unpaired) electrons. The molecule has 7 nitrogen and oxygen atoms in total. The Hall–Kier alpha value is -1.63. The zero-order valence-corrected chi connectivity index (χ0v) is 15.4. The minimum Gasteiger partial charge on any atom is -0.353 e. The van der Waals surface area contributed by atoms with E-state index in [-0.39, 0.29) is 23.9 Å². The van der Waals surface area contributed by atoms with E-state index < -0.39 is 11.6 Å². The minimum absolute atomic E-state index is 0.00245. The van der Waals surface area contributed by atoms with E-state index in [0.29, 0.717) is 19.4 Å². The van der Waals surface area contributed by atoms with Crippen LogP contribution in [0.5, 0.6) is 0 Å². The van der Waals surface area contributed by atoms with Crippen LogP contribution in [0.2, 0.25) is 0 Å². The van der Waals surface area contributed by atoms with Gasteiger partial charge in [0.15, 0.2) is 0 Å². The molecule has 0 aromatic heterocycles. The third-order valence-electron chi connectivity index (χ3n) is 6.35. The largest absolute Gasteiger partial charge is 0.353 e. The van der Waals surface area contributed by atoms with Gasteiger partial charge in [-0.2, -0.15) is 0 Å². The third kappa shape index (κ3) is 3.38. The summed E-state index contributed by atoms with van der Waals surface area (Å²) in [5.41, 5.74) is -0.760. The number of likely N-dealkylation sites (N-methyl/N-ethyl adjacent to an activating group) is 1. The molecule has 3 aliphatic rings. The van der Waals surface area contributed by atoms with Crippen molar-refractivity contribution in [1.82, 2.24) is 20.4 Å². The van der Waals surface area contributed by atoms with E-state index >= 15 is 0 Å². The molecule has 1 aliphatic heterocycles. The standard InChI is InChI=1S/C18H30N4O3/c1-21(2)17(8-6-7-9-17)13-19-14(23)12-22-15(24)18(20-16(22)25)10-4-3-5-11-18/h3-13H2,1-2H3,(H,19,23)(H,20,25). The van der Waals surface area contributed by atoms with Crippen LogP contribution in [0.3, 0.4) is 0 Å². The van der Waals surface area contributed by atoms with Crippen molar-refractivity contribution in [2.45, 2.75) is 68.9 Å². The molecule has 7 heteroatoms. The van der Waals surface area contributed by atoms with Crippen LogP contribution in [-0.2, 0) is 9.59 Å². The molecule has 25 heavy (non-hydrogen) atoms. The number of carbonyl (C=O) groups is 3. The van der Waals surface area contributed by atoms with Crippen LogP contribution in [0, 0.1) is 0 Å². The van der Waals surface area contributed by atoms with Crippen LogP contribution < -0.4 is 10.6 Å². The lowest BCUT2D eigenvalue weighted by Gasteiger charge is -2.36. The van der Waals surface area contributed by atoms with E-state index in [0.717, 1.165) is 37.0 Å². The average Bonchev–Trinajstić information content (AvgIpc) is 3.15. The normalized spacial score (nSPS) is 24.8. The molecule has 1 heterocycles. The SMILES string of the molecule is CN(C)C1(CNC(=O)CN2C(=O)NC3(CCCCC3)C2=O)CCCC1. The quantitative estimate of drug-likeness (QED) is 0.731. The number of rotatable bonds is 5. The molecule has 140 valence electrons. The van der Waals surface area contributed by atoms with E-state index in [2.05, 4.69) is 15.5 Å². The molecule has 1 spiro atoms. The first-order valence-electron chi connectivity index (χ1n) is 9.47. The predicted molar refractivity (Wildman–Crippen MR) is 94.0 cm³/mol. The Kier molecular flexibility index (Phi) is 5.04. The Morgan fingerprint density at radius 2 is 1.68 bits per heavy atom. The smallest absolute Gasteiger partial charge is 0.325 e. The second-order valence-corrected chi connectivity index (χ2v) is 8.07. The van der Waals surface area contributed by atoms with Gasteiger partial charge < -0.3 is 15.5 Å². The van der Waals surface area contributed by atoms with Gasteiger partial charge in [-0.05, 0) is 39.8 Å². The molecule has 0 bridgehead atoms. The minimum atomic E-state index is -0.758. The van der Waals surface area contributed by atoms with Crippen molar-refractivity contribution in [3.8, 4) is 0 Å². The van der Waals surface area contributed by atoms with Crippen LogP contribution in [0.25, 0.3) is 0 Å². The van der Waals surface area contributed by atoms with Crippen molar-refractivity contribution in [3.05, 3.63) is 0 Å². The molecule has 2 aliphatic carbocycles. The predicted octanol–water partition coefficient (Wildman–Crippen LogP) is 1.23. The van der Waals surface area contributed by atoms with Crippen molar-refractivity contribution >= 4 is 17.8 Å². The summed E-state index contributed by atoms with van der Waals surface area (Å²) in [6.45, 7) is 0.379. The first-order chi connectivity index (χ1) is 11.9. The Balaban J connectivity index is 1.57. The molecule has 0 aromatic rings.